The van der Waals surface area contributed by atoms with Crippen molar-refractivity contribution >= 4 is 23.4 Å². The van der Waals surface area contributed by atoms with Gasteiger partial charge < -0.3 is 15.2 Å². The summed E-state index contributed by atoms with van der Waals surface area (Å²) in [7, 11) is 0. The number of amides is 1. The number of para-hydroxylation sites is 1. The van der Waals surface area contributed by atoms with Crippen LogP contribution in [0.5, 0.6) is 11.5 Å². The summed E-state index contributed by atoms with van der Waals surface area (Å²) in [5.41, 5.74) is 7.76. The molecule has 0 fully saturated rings. The molecule has 6 heteroatoms. The van der Waals surface area contributed by atoms with Crippen molar-refractivity contribution in [1.82, 2.24) is 4.98 Å². The fourth-order valence-corrected chi connectivity index (χ4v) is 2.92. The number of anilines is 2. The van der Waals surface area contributed by atoms with Crippen LogP contribution in [0.2, 0.25) is 0 Å². The number of hydrogen-bond acceptors (Lipinski definition) is 5. The van der Waals surface area contributed by atoms with E-state index in [1.54, 1.807) is 41.4 Å². The van der Waals surface area contributed by atoms with E-state index in [4.69, 9.17) is 15.2 Å². The van der Waals surface area contributed by atoms with Gasteiger partial charge >= 0.3 is 0 Å². The zero-order valence-corrected chi connectivity index (χ0v) is 15.1. The number of nitrogens with two attached hydrogens (primary N) is 1. The second-order valence-electron chi connectivity index (χ2n) is 6.21. The van der Waals surface area contributed by atoms with Gasteiger partial charge in [0.1, 0.15) is 12.4 Å². The Labute approximate surface area is 162 Å². The Balaban J connectivity index is 1.60. The second kappa shape index (κ2) is 7.84. The van der Waals surface area contributed by atoms with Crippen molar-refractivity contribution < 1.29 is 14.3 Å². The minimum atomic E-state index is -0.250. The molecule has 28 heavy (non-hydrogen) atoms. The van der Waals surface area contributed by atoms with Crippen LogP contribution in [0.4, 0.5) is 11.4 Å². The van der Waals surface area contributed by atoms with Gasteiger partial charge in [0.25, 0.3) is 5.91 Å². The highest BCUT2D eigenvalue weighted by Crippen LogP contribution is 2.37. The van der Waals surface area contributed by atoms with Crippen LogP contribution in [-0.4, -0.2) is 24.0 Å². The number of hydrogen-bond donors (Lipinski definition) is 1. The molecule has 2 heterocycles. The lowest BCUT2D eigenvalue weighted by atomic mass is 10.2. The minimum absolute atomic E-state index is 0.191. The predicted molar refractivity (Wildman–Crippen MR) is 108 cm³/mol. The Morgan fingerprint density at radius 1 is 1.07 bits per heavy atom. The molecule has 1 amide bonds. The molecular weight excluding hydrogens is 354 g/mol. The van der Waals surface area contributed by atoms with E-state index in [9.17, 15) is 4.79 Å². The summed E-state index contributed by atoms with van der Waals surface area (Å²) in [6.07, 6.45) is 3.29. The van der Waals surface area contributed by atoms with Crippen molar-refractivity contribution in [3.05, 3.63) is 84.4 Å². The van der Waals surface area contributed by atoms with Gasteiger partial charge in [-0.25, -0.2) is 0 Å². The quantitative estimate of drug-likeness (QED) is 0.547. The number of pyridine rings is 1. The predicted octanol–water partition coefficient (Wildman–Crippen LogP) is 3.51. The molecule has 1 aliphatic heterocycles. The lowest BCUT2D eigenvalue weighted by Crippen LogP contribution is -2.40. The topological polar surface area (TPSA) is 77.7 Å². The first-order chi connectivity index (χ1) is 13.7. The molecule has 0 aliphatic carbocycles. The smallest absolute Gasteiger partial charge is 0.294 e. The van der Waals surface area contributed by atoms with E-state index >= 15 is 0 Å². The van der Waals surface area contributed by atoms with Gasteiger partial charge in [-0.05, 0) is 36.4 Å². The Hall–Kier alpha value is -3.80. The fourth-order valence-electron chi connectivity index (χ4n) is 2.92. The van der Waals surface area contributed by atoms with E-state index < -0.39 is 0 Å². The molecule has 0 atom stereocenters. The average Bonchev–Trinajstić information content (AvgIpc) is 2.72. The van der Waals surface area contributed by atoms with Crippen molar-refractivity contribution in [2.75, 3.05) is 23.8 Å². The molecule has 0 radical (unpaired) electrons. The Kier molecular flexibility index (Phi) is 4.93. The molecule has 2 N–H and O–H groups in total. The number of benzene rings is 2. The van der Waals surface area contributed by atoms with E-state index in [-0.39, 0.29) is 11.7 Å². The third-order valence-corrected chi connectivity index (χ3v) is 4.24. The van der Waals surface area contributed by atoms with Crippen LogP contribution in [0.3, 0.4) is 0 Å². The third kappa shape index (κ3) is 3.81. The van der Waals surface area contributed by atoms with E-state index in [0.717, 1.165) is 5.75 Å². The Morgan fingerprint density at radius 3 is 2.68 bits per heavy atom. The molecule has 1 aliphatic rings. The summed E-state index contributed by atoms with van der Waals surface area (Å²) in [5.74, 6) is 1.22. The molecule has 0 unspecified atom stereocenters. The SMILES string of the molecule is Nc1ccc2c(c1)O/C(=C/c1ccccn1)C(=O)N2CCOc1ccccc1. The van der Waals surface area contributed by atoms with Gasteiger partial charge in [0, 0.05) is 24.0 Å². The maximum absolute atomic E-state index is 13.0. The number of carbonyl (C=O) groups excluding carboxylic acids is 1. The summed E-state index contributed by atoms with van der Waals surface area (Å²) < 4.78 is 11.6. The molecule has 3 aromatic rings. The standard InChI is InChI=1S/C22H19N3O3/c23-16-9-10-19-20(14-16)28-21(15-17-6-4-5-11-24-17)22(26)25(19)12-13-27-18-7-2-1-3-8-18/h1-11,14-15H,12-13,23H2/b21-15+. The molecule has 0 saturated carbocycles. The zero-order chi connectivity index (χ0) is 19.3. The van der Waals surface area contributed by atoms with Gasteiger partial charge in [-0.3, -0.25) is 14.7 Å². The highest BCUT2D eigenvalue weighted by atomic mass is 16.5. The van der Waals surface area contributed by atoms with Gasteiger partial charge in [0.2, 0.25) is 0 Å². The van der Waals surface area contributed by atoms with E-state index in [1.807, 2.05) is 42.5 Å². The first-order valence-electron chi connectivity index (χ1n) is 8.90. The Bertz CT molecular complexity index is 1000. The van der Waals surface area contributed by atoms with Crippen molar-refractivity contribution in [1.29, 1.82) is 0 Å². The third-order valence-electron chi connectivity index (χ3n) is 4.24. The largest absolute Gasteiger partial charge is 0.492 e. The number of aromatic nitrogens is 1. The highest BCUT2D eigenvalue weighted by molar-refractivity contribution is 6.09. The van der Waals surface area contributed by atoms with Crippen molar-refractivity contribution in [3.8, 4) is 11.5 Å². The van der Waals surface area contributed by atoms with Crippen LogP contribution < -0.4 is 20.1 Å². The fraction of sp³-hybridized carbons (Fsp3) is 0.0909. The van der Waals surface area contributed by atoms with Crippen molar-refractivity contribution in [2.45, 2.75) is 0 Å². The second-order valence-corrected chi connectivity index (χ2v) is 6.21. The summed E-state index contributed by atoms with van der Waals surface area (Å²) >= 11 is 0. The molecule has 1 aromatic heterocycles. The summed E-state index contributed by atoms with van der Waals surface area (Å²) in [4.78, 5) is 18.9. The van der Waals surface area contributed by atoms with Crippen LogP contribution in [0.1, 0.15) is 5.69 Å². The molecule has 4 rings (SSSR count). The molecular formula is C22H19N3O3. The molecule has 0 saturated heterocycles. The monoisotopic (exact) mass is 373 g/mol. The maximum atomic E-state index is 13.0. The Morgan fingerprint density at radius 2 is 1.89 bits per heavy atom. The van der Waals surface area contributed by atoms with Gasteiger partial charge in [0.05, 0.1) is 17.9 Å². The van der Waals surface area contributed by atoms with Gasteiger partial charge in [0.15, 0.2) is 11.5 Å². The van der Waals surface area contributed by atoms with Crippen LogP contribution in [0.25, 0.3) is 6.08 Å². The first kappa shape index (κ1) is 17.6. The number of rotatable bonds is 5. The van der Waals surface area contributed by atoms with Gasteiger partial charge in [-0.2, -0.15) is 0 Å². The lowest BCUT2D eigenvalue weighted by molar-refractivity contribution is -0.117. The molecule has 140 valence electrons. The van der Waals surface area contributed by atoms with Crippen LogP contribution in [0, 0.1) is 0 Å². The first-order valence-corrected chi connectivity index (χ1v) is 8.90. The van der Waals surface area contributed by atoms with Crippen LogP contribution in [0.15, 0.2) is 78.7 Å². The molecule has 0 spiro atoms. The lowest BCUT2D eigenvalue weighted by Gasteiger charge is -2.30. The summed E-state index contributed by atoms with van der Waals surface area (Å²) in [6, 6.07) is 20.2. The van der Waals surface area contributed by atoms with Gasteiger partial charge in [-0.1, -0.05) is 24.3 Å². The van der Waals surface area contributed by atoms with E-state index in [2.05, 4.69) is 4.98 Å². The van der Waals surface area contributed by atoms with E-state index in [1.165, 1.54) is 0 Å². The number of ether oxygens (including phenoxy) is 2. The number of nitrogen functional groups attached to an aromatic ring is 1. The minimum Gasteiger partial charge on any atom is -0.492 e. The molecule has 2 aromatic carbocycles. The van der Waals surface area contributed by atoms with Crippen molar-refractivity contribution in [3.63, 3.8) is 0 Å². The molecule has 0 bridgehead atoms. The highest BCUT2D eigenvalue weighted by Gasteiger charge is 2.30. The van der Waals surface area contributed by atoms with Crippen molar-refractivity contribution in [2.24, 2.45) is 0 Å². The zero-order valence-electron chi connectivity index (χ0n) is 15.1. The number of carbonyl (C=O) groups is 1. The average molecular weight is 373 g/mol. The normalized spacial score (nSPS) is 14.5. The van der Waals surface area contributed by atoms with Crippen LogP contribution in [-0.2, 0) is 4.79 Å². The van der Waals surface area contributed by atoms with Gasteiger partial charge in [-0.15, -0.1) is 0 Å². The summed E-state index contributed by atoms with van der Waals surface area (Å²) in [6.45, 7) is 0.712. The molecule has 6 nitrogen and oxygen atoms in total. The number of nitrogens with zero attached hydrogens (tertiary/aromatic N) is 2. The summed E-state index contributed by atoms with van der Waals surface area (Å²) in [5, 5.41) is 0. The van der Waals surface area contributed by atoms with E-state index in [0.29, 0.717) is 36.0 Å². The maximum Gasteiger partial charge on any atom is 0.294 e. The number of fused-ring (bicyclic) bond motifs is 1. The van der Waals surface area contributed by atoms with Crippen LogP contribution >= 0.6 is 0 Å².